The molecule has 0 fully saturated rings. The smallest absolute Gasteiger partial charge is 0.319 e. The number of nitrogens with zero attached hydrogens (tertiary/aromatic N) is 2. The number of ether oxygens (including phenoxy) is 2. The van der Waals surface area contributed by atoms with E-state index in [4.69, 9.17) is 9.47 Å². The monoisotopic (exact) mass is 408 g/mol. The zero-order valence-electron chi connectivity index (χ0n) is 16.9. The molecule has 0 spiro atoms. The second-order valence-electron chi connectivity index (χ2n) is 6.47. The van der Waals surface area contributed by atoms with Gasteiger partial charge in [-0.2, -0.15) is 5.10 Å². The van der Waals surface area contributed by atoms with Crippen LogP contribution in [-0.2, 0) is 6.54 Å². The molecule has 2 amide bonds. The average Bonchev–Trinajstić information content (AvgIpc) is 2.78. The molecule has 8 heteroatoms. The van der Waals surface area contributed by atoms with Crippen molar-refractivity contribution in [2.45, 2.75) is 13.0 Å². The van der Waals surface area contributed by atoms with Crippen LogP contribution in [0.15, 0.2) is 65.5 Å². The van der Waals surface area contributed by atoms with Gasteiger partial charge < -0.3 is 20.1 Å². The Hall–Kier alpha value is -3.81. The van der Waals surface area contributed by atoms with Crippen LogP contribution in [0.1, 0.15) is 6.42 Å². The Morgan fingerprint density at radius 3 is 2.20 bits per heavy atom. The zero-order chi connectivity index (χ0) is 21.3. The van der Waals surface area contributed by atoms with Crippen LogP contribution in [0, 0.1) is 0 Å². The lowest BCUT2D eigenvalue weighted by atomic mass is 10.1. The number of rotatable bonds is 8. The van der Waals surface area contributed by atoms with Crippen LogP contribution in [-0.4, -0.2) is 36.6 Å². The Balaban J connectivity index is 1.51. The van der Waals surface area contributed by atoms with E-state index in [-0.39, 0.29) is 11.6 Å². The van der Waals surface area contributed by atoms with E-state index in [1.807, 2.05) is 24.3 Å². The molecule has 0 bridgehead atoms. The maximum absolute atomic E-state index is 12.1. The molecule has 30 heavy (non-hydrogen) atoms. The predicted octanol–water partition coefficient (Wildman–Crippen LogP) is 3.14. The standard InChI is InChI=1S/C22H24N4O4/c1-29-18-8-4-16(5-9-18)20-12-13-21(27)26(25-20)15-3-14-23-22(28)24-17-6-10-19(30-2)11-7-17/h4-13H,3,14-15H2,1-2H3,(H2,23,24,28). The number of benzene rings is 2. The van der Waals surface area contributed by atoms with Crippen LogP contribution < -0.4 is 25.7 Å². The van der Waals surface area contributed by atoms with Gasteiger partial charge in [0.1, 0.15) is 11.5 Å². The number of aromatic nitrogens is 2. The highest BCUT2D eigenvalue weighted by atomic mass is 16.5. The average molecular weight is 408 g/mol. The molecule has 2 aromatic carbocycles. The second kappa shape index (κ2) is 10.1. The minimum Gasteiger partial charge on any atom is -0.497 e. The molecule has 2 N–H and O–H groups in total. The van der Waals surface area contributed by atoms with E-state index in [9.17, 15) is 9.59 Å². The fourth-order valence-electron chi connectivity index (χ4n) is 2.81. The lowest BCUT2D eigenvalue weighted by molar-refractivity contribution is 0.251. The summed E-state index contributed by atoms with van der Waals surface area (Å²) in [6.07, 6.45) is 0.564. The maximum atomic E-state index is 12.1. The number of hydrogen-bond donors (Lipinski definition) is 2. The number of nitrogens with one attached hydrogen (secondary N) is 2. The van der Waals surface area contributed by atoms with Gasteiger partial charge in [0.15, 0.2) is 0 Å². The molecule has 8 nitrogen and oxygen atoms in total. The van der Waals surface area contributed by atoms with Gasteiger partial charge in [0, 0.05) is 30.4 Å². The van der Waals surface area contributed by atoms with E-state index in [0.717, 1.165) is 17.1 Å². The quantitative estimate of drug-likeness (QED) is 0.559. The van der Waals surface area contributed by atoms with Gasteiger partial charge in [-0.1, -0.05) is 0 Å². The Morgan fingerprint density at radius 1 is 0.933 bits per heavy atom. The molecule has 156 valence electrons. The molecule has 1 heterocycles. The number of amides is 2. The first-order valence-electron chi connectivity index (χ1n) is 9.50. The summed E-state index contributed by atoms with van der Waals surface area (Å²) in [6.45, 7) is 0.800. The van der Waals surface area contributed by atoms with Crippen molar-refractivity contribution >= 4 is 11.7 Å². The van der Waals surface area contributed by atoms with Crippen molar-refractivity contribution in [2.75, 3.05) is 26.1 Å². The van der Waals surface area contributed by atoms with Crippen molar-refractivity contribution in [2.24, 2.45) is 0 Å². The van der Waals surface area contributed by atoms with E-state index < -0.39 is 0 Å². The maximum Gasteiger partial charge on any atom is 0.319 e. The normalized spacial score (nSPS) is 10.3. The number of urea groups is 1. The zero-order valence-corrected chi connectivity index (χ0v) is 16.9. The summed E-state index contributed by atoms with van der Waals surface area (Å²) in [4.78, 5) is 24.1. The summed E-state index contributed by atoms with van der Waals surface area (Å²) >= 11 is 0. The first-order chi connectivity index (χ1) is 14.6. The molecule has 0 aliphatic carbocycles. The molecule has 0 radical (unpaired) electrons. The highest BCUT2D eigenvalue weighted by Crippen LogP contribution is 2.19. The molecular formula is C22H24N4O4. The molecule has 1 aromatic heterocycles. The number of aryl methyl sites for hydroxylation is 1. The summed E-state index contributed by atoms with van der Waals surface area (Å²) in [5.74, 6) is 1.47. The Morgan fingerprint density at radius 2 is 1.57 bits per heavy atom. The first kappa shape index (κ1) is 20.9. The van der Waals surface area contributed by atoms with Crippen molar-refractivity contribution in [3.8, 4) is 22.8 Å². The Bertz CT molecular complexity index is 1030. The third-order valence-electron chi connectivity index (χ3n) is 4.43. The van der Waals surface area contributed by atoms with E-state index in [1.54, 1.807) is 44.6 Å². The van der Waals surface area contributed by atoms with Crippen molar-refractivity contribution < 1.29 is 14.3 Å². The number of carbonyl (C=O) groups is 1. The van der Waals surface area contributed by atoms with E-state index in [1.165, 1.54) is 10.7 Å². The van der Waals surface area contributed by atoms with Gasteiger partial charge in [-0.25, -0.2) is 9.48 Å². The minimum atomic E-state index is -0.313. The van der Waals surface area contributed by atoms with Gasteiger partial charge in [-0.05, 0) is 61.0 Å². The Labute approximate surface area is 174 Å². The molecule has 0 unspecified atom stereocenters. The first-order valence-corrected chi connectivity index (χ1v) is 9.50. The third kappa shape index (κ3) is 5.60. The largest absolute Gasteiger partial charge is 0.497 e. The van der Waals surface area contributed by atoms with Crippen molar-refractivity contribution in [1.29, 1.82) is 0 Å². The van der Waals surface area contributed by atoms with Gasteiger partial charge >= 0.3 is 6.03 Å². The minimum absolute atomic E-state index is 0.185. The van der Waals surface area contributed by atoms with Crippen LogP contribution in [0.25, 0.3) is 11.3 Å². The third-order valence-corrected chi connectivity index (χ3v) is 4.43. The number of hydrogen-bond acceptors (Lipinski definition) is 5. The molecule has 0 aliphatic rings. The summed E-state index contributed by atoms with van der Waals surface area (Å²) in [5.41, 5.74) is 2.07. The molecule has 0 atom stereocenters. The van der Waals surface area contributed by atoms with Crippen LogP contribution in [0.2, 0.25) is 0 Å². The summed E-state index contributed by atoms with van der Waals surface area (Å²) < 4.78 is 11.6. The van der Waals surface area contributed by atoms with Crippen molar-refractivity contribution in [3.05, 3.63) is 71.0 Å². The Kier molecular flexibility index (Phi) is 7.05. The van der Waals surface area contributed by atoms with E-state index >= 15 is 0 Å². The number of carbonyl (C=O) groups excluding carboxylic acids is 1. The highest BCUT2D eigenvalue weighted by Gasteiger charge is 2.05. The molecule has 0 aliphatic heterocycles. The van der Waals surface area contributed by atoms with E-state index in [0.29, 0.717) is 30.9 Å². The fourth-order valence-corrected chi connectivity index (χ4v) is 2.81. The van der Waals surface area contributed by atoms with Gasteiger partial charge in [-0.3, -0.25) is 4.79 Å². The number of methoxy groups -OCH3 is 2. The van der Waals surface area contributed by atoms with Crippen LogP contribution in [0.3, 0.4) is 0 Å². The summed E-state index contributed by atoms with van der Waals surface area (Å²) in [6, 6.07) is 17.4. The topological polar surface area (TPSA) is 94.5 Å². The number of anilines is 1. The van der Waals surface area contributed by atoms with Crippen LogP contribution >= 0.6 is 0 Å². The molecular weight excluding hydrogens is 384 g/mol. The molecule has 3 aromatic rings. The van der Waals surface area contributed by atoms with Crippen molar-refractivity contribution in [3.63, 3.8) is 0 Å². The van der Waals surface area contributed by atoms with Gasteiger partial charge in [-0.15, -0.1) is 0 Å². The van der Waals surface area contributed by atoms with Crippen LogP contribution in [0.5, 0.6) is 11.5 Å². The molecule has 0 saturated carbocycles. The summed E-state index contributed by atoms with van der Waals surface area (Å²) in [7, 11) is 3.20. The molecule has 3 rings (SSSR count). The fraction of sp³-hybridized carbons (Fsp3) is 0.227. The molecule has 0 saturated heterocycles. The van der Waals surface area contributed by atoms with Crippen molar-refractivity contribution in [1.82, 2.24) is 15.1 Å². The summed E-state index contributed by atoms with van der Waals surface area (Å²) in [5, 5.41) is 9.94. The van der Waals surface area contributed by atoms with Gasteiger partial charge in [0.25, 0.3) is 5.56 Å². The SMILES string of the molecule is COc1ccc(NC(=O)NCCCn2nc(-c3ccc(OC)cc3)ccc2=O)cc1. The predicted molar refractivity (Wildman–Crippen MR) is 115 cm³/mol. The highest BCUT2D eigenvalue weighted by molar-refractivity contribution is 5.89. The second-order valence-corrected chi connectivity index (χ2v) is 6.47. The van der Waals surface area contributed by atoms with Gasteiger partial charge in [0.2, 0.25) is 0 Å². The van der Waals surface area contributed by atoms with Gasteiger partial charge in [0.05, 0.1) is 19.9 Å². The lowest BCUT2D eigenvalue weighted by Gasteiger charge is -2.10. The lowest BCUT2D eigenvalue weighted by Crippen LogP contribution is -2.31. The van der Waals surface area contributed by atoms with E-state index in [2.05, 4.69) is 15.7 Å². The van der Waals surface area contributed by atoms with Crippen LogP contribution in [0.4, 0.5) is 10.5 Å².